The van der Waals surface area contributed by atoms with E-state index in [2.05, 4.69) is 20.6 Å². The smallest absolute Gasteiger partial charge is 0.251 e. The van der Waals surface area contributed by atoms with Crippen molar-refractivity contribution in [1.29, 1.82) is 5.26 Å². The number of aryl methyl sites for hydroxylation is 1. The van der Waals surface area contributed by atoms with E-state index in [4.69, 9.17) is 4.42 Å². The van der Waals surface area contributed by atoms with Crippen LogP contribution in [0, 0.1) is 11.3 Å². The lowest BCUT2D eigenvalue weighted by Gasteiger charge is -2.27. The monoisotopic (exact) mass is 637 g/mol. The zero-order valence-electron chi connectivity index (χ0n) is 24.7. The summed E-state index contributed by atoms with van der Waals surface area (Å²) in [6.07, 6.45) is 3.32. The van der Waals surface area contributed by atoms with E-state index in [9.17, 15) is 28.4 Å². The van der Waals surface area contributed by atoms with Crippen LogP contribution in [0.25, 0.3) is 11.1 Å². The Hall–Kier alpha value is -5.38. The van der Waals surface area contributed by atoms with E-state index in [-0.39, 0.29) is 29.0 Å². The highest BCUT2D eigenvalue weighted by Crippen LogP contribution is 2.29. The molecule has 46 heavy (non-hydrogen) atoms. The van der Waals surface area contributed by atoms with Gasteiger partial charge in [-0.15, -0.1) is 0 Å². The largest absolute Gasteiger partial charge is 0.437 e. The third kappa shape index (κ3) is 7.63. The van der Waals surface area contributed by atoms with Gasteiger partial charge in [-0.1, -0.05) is 60.7 Å². The molecule has 2 amide bonds. The molecule has 0 bridgehead atoms. The highest BCUT2D eigenvalue weighted by molar-refractivity contribution is 7.92. The first-order valence-electron chi connectivity index (χ1n) is 14.5. The number of hydrogen-bond acceptors (Lipinski definition) is 9. The van der Waals surface area contributed by atoms with E-state index < -0.39 is 51.3 Å². The first kappa shape index (κ1) is 32.0. The molecule has 3 N–H and O–H groups in total. The van der Waals surface area contributed by atoms with Crippen molar-refractivity contribution >= 4 is 32.8 Å². The topological polar surface area (TPSA) is 175 Å². The van der Waals surface area contributed by atoms with Gasteiger partial charge in [-0.05, 0) is 54.3 Å². The maximum Gasteiger partial charge on any atom is 0.251 e. The molecule has 0 fully saturated rings. The fourth-order valence-electron chi connectivity index (χ4n) is 4.93. The van der Waals surface area contributed by atoms with Crippen LogP contribution in [-0.4, -0.2) is 53.6 Å². The van der Waals surface area contributed by atoms with Crippen LogP contribution in [0.3, 0.4) is 0 Å². The molecule has 2 unspecified atom stereocenters. The van der Waals surface area contributed by atoms with Crippen LogP contribution in [0.15, 0.2) is 108 Å². The van der Waals surface area contributed by atoms with Crippen LogP contribution in [0.5, 0.6) is 0 Å². The zero-order valence-corrected chi connectivity index (χ0v) is 25.5. The third-order valence-corrected chi connectivity index (χ3v) is 9.49. The third-order valence-electron chi connectivity index (χ3n) is 7.53. The lowest BCUT2D eigenvalue weighted by molar-refractivity contribution is -0.122. The molecule has 11 nitrogen and oxygen atoms in total. The number of carbonyl (C=O) groups is 2. The summed E-state index contributed by atoms with van der Waals surface area (Å²) >= 11 is 0. The Balaban J connectivity index is 1.41. The number of sulfone groups is 1. The van der Waals surface area contributed by atoms with E-state index in [0.717, 1.165) is 5.56 Å². The molecular formula is C34H31N5O6S. The number of aliphatic hydroxyl groups is 1. The molecule has 3 aromatic carbocycles. The van der Waals surface area contributed by atoms with Crippen LogP contribution >= 0.6 is 0 Å². The van der Waals surface area contributed by atoms with Crippen molar-refractivity contribution in [3.05, 3.63) is 132 Å². The number of carbonyl (C=O) groups excluding carboxylic acids is 2. The van der Waals surface area contributed by atoms with Crippen molar-refractivity contribution < 1.29 is 27.5 Å². The number of pyridine rings is 1. The molecule has 2 atom stereocenters. The second kappa shape index (κ2) is 14.2. The molecule has 0 spiro atoms. The van der Waals surface area contributed by atoms with E-state index in [1.165, 1.54) is 36.7 Å². The van der Waals surface area contributed by atoms with Crippen molar-refractivity contribution in [3.63, 3.8) is 0 Å². The number of benzene rings is 3. The molecule has 0 saturated carbocycles. The van der Waals surface area contributed by atoms with Crippen LogP contribution in [-0.2, 0) is 32.4 Å². The van der Waals surface area contributed by atoms with Crippen molar-refractivity contribution in [3.8, 4) is 6.07 Å². The molecule has 0 aliphatic heterocycles. The van der Waals surface area contributed by atoms with Crippen molar-refractivity contribution in [1.82, 2.24) is 20.6 Å². The lowest BCUT2D eigenvalue weighted by atomic mass is 9.94. The van der Waals surface area contributed by atoms with E-state index in [0.29, 0.717) is 17.5 Å². The number of amides is 2. The predicted molar refractivity (Wildman–Crippen MR) is 170 cm³/mol. The molecule has 2 heterocycles. The van der Waals surface area contributed by atoms with Crippen molar-refractivity contribution in [2.45, 2.75) is 29.4 Å². The highest BCUT2D eigenvalue weighted by Gasteiger charge is 2.39. The molecule has 234 valence electrons. The summed E-state index contributed by atoms with van der Waals surface area (Å²) in [6, 6.07) is 27.5. The van der Waals surface area contributed by atoms with Gasteiger partial charge in [0.25, 0.3) is 5.91 Å². The van der Waals surface area contributed by atoms with Gasteiger partial charge in [0.1, 0.15) is 5.52 Å². The van der Waals surface area contributed by atoms with E-state index in [1.807, 2.05) is 36.4 Å². The number of nitrogens with one attached hydrogen (secondary N) is 2. The van der Waals surface area contributed by atoms with E-state index in [1.54, 1.807) is 36.4 Å². The Kier molecular flexibility index (Phi) is 9.85. The van der Waals surface area contributed by atoms with Crippen molar-refractivity contribution in [2.24, 2.45) is 0 Å². The van der Waals surface area contributed by atoms with Crippen molar-refractivity contribution in [2.75, 3.05) is 13.1 Å². The second-order valence-corrected chi connectivity index (χ2v) is 12.9. The maximum atomic E-state index is 13.8. The second-order valence-electron chi connectivity index (χ2n) is 10.7. The summed E-state index contributed by atoms with van der Waals surface area (Å²) < 4.78 is 33.4. The number of para-hydroxylation sites is 2. The van der Waals surface area contributed by atoms with Crippen LogP contribution in [0.2, 0.25) is 0 Å². The minimum Gasteiger partial charge on any atom is -0.437 e. The Morgan fingerprint density at radius 3 is 2.37 bits per heavy atom. The van der Waals surface area contributed by atoms with Gasteiger partial charge < -0.3 is 20.2 Å². The molecule has 12 heteroatoms. The number of rotatable bonds is 13. The standard InChI is InChI=1S/C34H31N5O6S/c35-20-26-10-4-5-11-27(26)22-46(43,44)30(21-37-31(40)25-15-18-36-19-16-25)32(41)38-23-34(42,17-14-24-8-2-1-3-9-24)33-39-28-12-6-7-13-29(28)45-33/h1-13,15-16,18-19,30,42H,14,17,21-23H2,(H,37,40)(H,38,41). The minimum atomic E-state index is -4.30. The Morgan fingerprint density at radius 2 is 1.63 bits per heavy atom. The van der Waals surface area contributed by atoms with Gasteiger partial charge in [-0.25, -0.2) is 13.4 Å². The number of fused-ring (bicyclic) bond motifs is 1. The SMILES string of the molecule is N#Cc1ccccc1CS(=O)(=O)C(CNC(=O)c1ccncc1)C(=O)NCC(O)(CCc1ccccc1)c1nc2ccccc2o1. The maximum absolute atomic E-state index is 13.8. The molecular weight excluding hydrogens is 606 g/mol. The van der Waals surface area contributed by atoms with Gasteiger partial charge in [0.2, 0.25) is 11.8 Å². The average molecular weight is 638 g/mol. The van der Waals surface area contributed by atoms with Crippen LogP contribution in [0.4, 0.5) is 0 Å². The summed E-state index contributed by atoms with van der Waals surface area (Å²) in [5.74, 6) is -2.20. The lowest BCUT2D eigenvalue weighted by Crippen LogP contribution is -2.51. The summed E-state index contributed by atoms with van der Waals surface area (Å²) in [4.78, 5) is 34.9. The van der Waals surface area contributed by atoms with Crippen LogP contribution in [0.1, 0.15) is 39.4 Å². The van der Waals surface area contributed by atoms with Gasteiger partial charge in [-0.3, -0.25) is 14.6 Å². The Morgan fingerprint density at radius 1 is 0.935 bits per heavy atom. The molecule has 5 aromatic rings. The average Bonchev–Trinajstić information content (AvgIpc) is 3.53. The zero-order chi connectivity index (χ0) is 32.6. The fraction of sp³-hybridized carbons (Fsp3) is 0.206. The fourth-order valence-corrected chi connectivity index (χ4v) is 6.56. The van der Waals surface area contributed by atoms with Gasteiger partial charge in [-0.2, -0.15) is 5.26 Å². The van der Waals surface area contributed by atoms with Gasteiger partial charge in [0, 0.05) is 24.5 Å². The summed E-state index contributed by atoms with van der Waals surface area (Å²) in [7, 11) is -4.30. The first-order chi connectivity index (χ1) is 22.2. The quantitative estimate of drug-likeness (QED) is 0.175. The molecule has 0 radical (unpaired) electrons. The number of oxazole rings is 1. The van der Waals surface area contributed by atoms with E-state index >= 15 is 0 Å². The van der Waals surface area contributed by atoms with Gasteiger partial charge in [0.05, 0.1) is 23.9 Å². The molecule has 0 aliphatic rings. The van der Waals surface area contributed by atoms with Gasteiger partial charge in [0.15, 0.2) is 26.3 Å². The first-order valence-corrected chi connectivity index (χ1v) is 16.2. The summed E-state index contributed by atoms with van der Waals surface area (Å²) in [5.41, 5.74) is 0.666. The molecule has 0 saturated heterocycles. The predicted octanol–water partition coefficient (Wildman–Crippen LogP) is 3.44. The molecule has 5 rings (SSSR count). The summed E-state index contributed by atoms with van der Waals surface area (Å²) in [5, 5.41) is 24.8. The normalized spacial score (nSPS) is 13.3. The number of aromatic nitrogens is 2. The summed E-state index contributed by atoms with van der Waals surface area (Å²) in [6.45, 7) is -0.986. The Bertz CT molecular complexity index is 1940. The highest BCUT2D eigenvalue weighted by atomic mass is 32.2. The van der Waals surface area contributed by atoms with Gasteiger partial charge >= 0.3 is 0 Å². The molecule has 2 aromatic heterocycles. The number of nitriles is 1. The van der Waals surface area contributed by atoms with Crippen LogP contribution < -0.4 is 10.6 Å². The number of hydrogen-bond donors (Lipinski definition) is 3. The minimum absolute atomic E-state index is 0.0294. The Labute approximate surface area is 265 Å². The molecule has 0 aliphatic carbocycles. The number of nitrogens with zero attached hydrogens (tertiary/aromatic N) is 3.